The molecular weight excluding hydrogens is 220 g/mol. The maximum absolute atomic E-state index is 5.72. The smallest absolute Gasteiger partial charge is 0.119 e. The van der Waals surface area contributed by atoms with Crippen LogP contribution in [0, 0.1) is 24.7 Å². The third-order valence-corrected chi connectivity index (χ3v) is 2.72. The summed E-state index contributed by atoms with van der Waals surface area (Å²) in [4.78, 5) is 0. The molecule has 98 valence electrons. The molecule has 0 radical (unpaired) electrons. The molecule has 0 atom stereocenters. The Hall–Kier alpha value is -1.42. The molecule has 1 nitrogen and oxygen atoms in total. The minimum atomic E-state index is 0.564. The van der Waals surface area contributed by atoms with Gasteiger partial charge in [-0.05, 0) is 42.5 Å². The van der Waals surface area contributed by atoms with E-state index in [0.29, 0.717) is 5.92 Å². The van der Waals surface area contributed by atoms with Crippen molar-refractivity contribution in [2.75, 3.05) is 6.61 Å². The first-order valence-corrected chi connectivity index (χ1v) is 6.81. The maximum Gasteiger partial charge on any atom is 0.119 e. The zero-order chi connectivity index (χ0) is 13.4. The Balaban J connectivity index is 2.56. The molecule has 1 heteroatoms. The summed E-state index contributed by atoms with van der Waals surface area (Å²) >= 11 is 0. The molecule has 0 bridgehead atoms. The average molecular weight is 244 g/mol. The molecule has 0 aliphatic heterocycles. The highest BCUT2D eigenvalue weighted by Gasteiger charge is 2.01. The lowest BCUT2D eigenvalue weighted by Gasteiger charge is -2.11. The van der Waals surface area contributed by atoms with Gasteiger partial charge in [-0.1, -0.05) is 26.8 Å². The monoisotopic (exact) mass is 244 g/mol. The molecule has 0 heterocycles. The summed E-state index contributed by atoms with van der Waals surface area (Å²) in [6, 6.07) is 6.36. The first-order chi connectivity index (χ1) is 8.63. The summed E-state index contributed by atoms with van der Waals surface area (Å²) in [7, 11) is 0. The third-order valence-electron chi connectivity index (χ3n) is 2.72. The lowest BCUT2D eigenvalue weighted by molar-refractivity contribution is 0.271. The van der Waals surface area contributed by atoms with Crippen LogP contribution in [-0.4, -0.2) is 6.61 Å². The first-order valence-electron chi connectivity index (χ1n) is 6.81. The molecule has 0 aromatic heterocycles. The molecule has 0 saturated heterocycles. The number of aryl methyl sites for hydroxylation is 2. The van der Waals surface area contributed by atoms with Gasteiger partial charge in [0.05, 0.1) is 6.61 Å². The standard InChI is InChI=1S/C17H24O/c1-5-6-7-8-9-16-10-11-17(12-15(16)4)18-13-14(2)3/h10-12,14H,5,8-9,13H2,1-4H3. The quantitative estimate of drug-likeness (QED) is 0.699. The second-order valence-electron chi connectivity index (χ2n) is 5.00. The van der Waals surface area contributed by atoms with Gasteiger partial charge in [0.2, 0.25) is 0 Å². The lowest BCUT2D eigenvalue weighted by Crippen LogP contribution is -2.04. The van der Waals surface area contributed by atoms with E-state index in [9.17, 15) is 0 Å². The molecule has 0 spiro atoms. The van der Waals surface area contributed by atoms with Crippen LogP contribution in [0.5, 0.6) is 5.75 Å². The summed E-state index contributed by atoms with van der Waals surface area (Å²) in [5.74, 6) is 7.83. The highest BCUT2D eigenvalue weighted by Crippen LogP contribution is 2.19. The van der Waals surface area contributed by atoms with Crippen LogP contribution in [0.4, 0.5) is 0 Å². The highest BCUT2D eigenvalue weighted by atomic mass is 16.5. The summed E-state index contributed by atoms with van der Waals surface area (Å²) in [5, 5.41) is 0. The summed E-state index contributed by atoms with van der Waals surface area (Å²) in [6.07, 6.45) is 2.92. The second kappa shape index (κ2) is 7.82. The van der Waals surface area contributed by atoms with E-state index < -0.39 is 0 Å². The predicted octanol–water partition coefficient (Wildman–Crippen LogP) is 4.38. The SMILES string of the molecule is CCC#CCCc1ccc(OCC(C)C)cc1C. The zero-order valence-corrected chi connectivity index (χ0v) is 12.0. The van der Waals surface area contributed by atoms with Gasteiger partial charge < -0.3 is 4.74 Å². The molecule has 1 aromatic carbocycles. The number of rotatable bonds is 5. The van der Waals surface area contributed by atoms with Crippen molar-refractivity contribution < 1.29 is 4.74 Å². The van der Waals surface area contributed by atoms with Crippen molar-refractivity contribution in [3.63, 3.8) is 0 Å². The largest absolute Gasteiger partial charge is 0.493 e. The van der Waals surface area contributed by atoms with Gasteiger partial charge in [0.25, 0.3) is 0 Å². The maximum atomic E-state index is 5.72. The van der Waals surface area contributed by atoms with Gasteiger partial charge in [-0.3, -0.25) is 0 Å². The molecule has 0 saturated carbocycles. The fourth-order valence-electron chi connectivity index (χ4n) is 1.71. The molecule has 1 rings (SSSR count). The fourth-order valence-corrected chi connectivity index (χ4v) is 1.71. The zero-order valence-electron chi connectivity index (χ0n) is 12.0. The van der Waals surface area contributed by atoms with E-state index in [0.717, 1.165) is 31.6 Å². The third kappa shape index (κ3) is 5.27. The van der Waals surface area contributed by atoms with E-state index in [1.807, 2.05) is 0 Å². The van der Waals surface area contributed by atoms with Crippen LogP contribution in [0.2, 0.25) is 0 Å². The van der Waals surface area contributed by atoms with E-state index in [-0.39, 0.29) is 0 Å². The predicted molar refractivity (Wildman–Crippen MR) is 77.9 cm³/mol. The van der Waals surface area contributed by atoms with Crippen molar-refractivity contribution >= 4 is 0 Å². The number of hydrogen-bond acceptors (Lipinski definition) is 1. The van der Waals surface area contributed by atoms with Crippen molar-refractivity contribution in [1.29, 1.82) is 0 Å². The first kappa shape index (κ1) is 14.6. The normalized spacial score (nSPS) is 10.1. The van der Waals surface area contributed by atoms with E-state index in [2.05, 4.69) is 57.7 Å². The van der Waals surface area contributed by atoms with Gasteiger partial charge in [-0.2, -0.15) is 0 Å². The van der Waals surface area contributed by atoms with E-state index in [1.165, 1.54) is 11.1 Å². The van der Waals surface area contributed by atoms with Crippen LogP contribution in [0.3, 0.4) is 0 Å². The van der Waals surface area contributed by atoms with Gasteiger partial charge in [0, 0.05) is 12.8 Å². The van der Waals surface area contributed by atoms with Gasteiger partial charge in [-0.15, -0.1) is 11.8 Å². The molecule has 0 fully saturated rings. The van der Waals surface area contributed by atoms with Crippen molar-refractivity contribution in [3.8, 4) is 17.6 Å². The van der Waals surface area contributed by atoms with Crippen LogP contribution >= 0.6 is 0 Å². The molecule has 0 aliphatic carbocycles. The Labute approximate surface area is 112 Å². The molecule has 0 aliphatic rings. The molecule has 1 aromatic rings. The second-order valence-corrected chi connectivity index (χ2v) is 5.00. The van der Waals surface area contributed by atoms with Crippen molar-refractivity contribution in [1.82, 2.24) is 0 Å². The van der Waals surface area contributed by atoms with Crippen molar-refractivity contribution in [3.05, 3.63) is 29.3 Å². The highest BCUT2D eigenvalue weighted by molar-refractivity contribution is 5.35. The number of benzene rings is 1. The Morgan fingerprint density at radius 3 is 2.61 bits per heavy atom. The van der Waals surface area contributed by atoms with E-state index >= 15 is 0 Å². The topological polar surface area (TPSA) is 9.23 Å². The Morgan fingerprint density at radius 2 is 2.00 bits per heavy atom. The molecule has 18 heavy (non-hydrogen) atoms. The van der Waals surface area contributed by atoms with E-state index in [4.69, 9.17) is 4.74 Å². The van der Waals surface area contributed by atoms with Crippen LogP contribution in [0.25, 0.3) is 0 Å². The molecular formula is C17H24O. The molecule has 0 N–H and O–H groups in total. The fraction of sp³-hybridized carbons (Fsp3) is 0.529. The van der Waals surface area contributed by atoms with Crippen LogP contribution in [0.1, 0.15) is 44.7 Å². The summed E-state index contributed by atoms with van der Waals surface area (Å²) in [6.45, 7) is 9.33. The minimum Gasteiger partial charge on any atom is -0.493 e. The molecule has 0 unspecified atom stereocenters. The molecule has 0 amide bonds. The van der Waals surface area contributed by atoms with Crippen molar-refractivity contribution in [2.45, 2.75) is 47.0 Å². The minimum absolute atomic E-state index is 0.564. The van der Waals surface area contributed by atoms with Crippen LogP contribution in [-0.2, 0) is 6.42 Å². The Morgan fingerprint density at radius 1 is 1.22 bits per heavy atom. The average Bonchev–Trinajstić information content (AvgIpc) is 2.34. The van der Waals surface area contributed by atoms with Crippen molar-refractivity contribution in [2.24, 2.45) is 5.92 Å². The number of ether oxygens (including phenoxy) is 1. The van der Waals surface area contributed by atoms with Gasteiger partial charge in [0.15, 0.2) is 0 Å². The van der Waals surface area contributed by atoms with Gasteiger partial charge in [-0.25, -0.2) is 0 Å². The van der Waals surface area contributed by atoms with Crippen LogP contribution in [0.15, 0.2) is 18.2 Å². The van der Waals surface area contributed by atoms with Gasteiger partial charge in [0.1, 0.15) is 5.75 Å². The van der Waals surface area contributed by atoms with Gasteiger partial charge >= 0.3 is 0 Å². The number of hydrogen-bond donors (Lipinski definition) is 0. The lowest BCUT2D eigenvalue weighted by atomic mass is 10.0. The van der Waals surface area contributed by atoms with Crippen LogP contribution < -0.4 is 4.74 Å². The summed E-state index contributed by atoms with van der Waals surface area (Å²) in [5.41, 5.74) is 2.67. The Kier molecular flexibility index (Phi) is 6.36. The Bertz CT molecular complexity index is 421. The summed E-state index contributed by atoms with van der Waals surface area (Å²) < 4.78 is 5.72. The van der Waals surface area contributed by atoms with E-state index in [1.54, 1.807) is 0 Å².